The van der Waals surface area contributed by atoms with Gasteiger partial charge in [0.05, 0.1) is 12.7 Å². The minimum Gasteiger partial charge on any atom is -0.377 e. The van der Waals surface area contributed by atoms with Crippen LogP contribution in [-0.2, 0) is 9.53 Å². The van der Waals surface area contributed by atoms with Crippen LogP contribution in [0.5, 0.6) is 0 Å². The first-order chi connectivity index (χ1) is 9.57. The highest BCUT2D eigenvalue weighted by Gasteiger charge is 2.62. The Morgan fingerprint density at radius 1 is 1.14 bits per heavy atom. The number of alkyl halides is 7. The van der Waals surface area contributed by atoms with Crippen LogP contribution in [0.15, 0.2) is 0 Å². The van der Waals surface area contributed by atoms with E-state index in [1.807, 2.05) is 0 Å². The lowest BCUT2D eigenvalue weighted by Crippen LogP contribution is -2.52. The third kappa shape index (κ3) is 5.32. The lowest BCUT2D eigenvalue weighted by molar-refractivity contribution is -0.278. The van der Waals surface area contributed by atoms with Crippen LogP contribution < -0.4 is 0 Å². The Labute approximate surface area is 125 Å². The normalized spacial score (nSPS) is 18.4. The van der Waals surface area contributed by atoms with Crippen LogP contribution in [0.4, 0.5) is 26.3 Å². The Morgan fingerprint density at radius 3 is 2.00 bits per heavy atom. The fourth-order valence-electron chi connectivity index (χ4n) is 2.10. The molecule has 0 aromatic rings. The van der Waals surface area contributed by atoms with Crippen LogP contribution >= 0.6 is 15.9 Å². The number of ether oxygens (including phenoxy) is 1. The number of nitrogens with zero attached hydrogens (tertiary/aromatic N) is 1. The second-order valence-electron chi connectivity index (χ2n) is 4.60. The summed E-state index contributed by atoms with van der Waals surface area (Å²) in [5, 5.41) is 0.580. The van der Waals surface area contributed by atoms with Gasteiger partial charge in [0.15, 0.2) is 0 Å². The molecule has 1 amide bonds. The third-order valence-electron chi connectivity index (χ3n) is 3.09. The molecule has 0 bridgehead atoms. The maximum absolute atomic E-state index is 12.5. The molecule has 0 radical (unpaired) electrons. The maximum atomic E-state index is 12.5. The summed E-state index contributed by atoms with van der Waals surface area (Å²) in [6.45, 7) is 0.0508. The van der Waals surface area contributed by atoms with E-state index in [1.54, 1.807) is 0 Å². The number of hydrogen-bond donors (Lipinski definition) is 0. The van der Waals surface area contributed by atoms with Crippen molar-refractivity contribution in [3.05, 3.63) is 0 Å². The summed E-state index contributed by atoms with van der Waals surface area (Å²) in [5.74, 6) is -5.89. The highest BCUT2D eigenvalue weighted by molar-refractivity contribution is 9.09. The molecule has 0 aromatic heterocycles. The molecule has 0 unspecified atom stereocenters. The van der Waals surface area contributed by atoms with Crippen LogP contribution in [0.3, 0.4) is 0 Å². The van der Waals surface area contributed by atoms with Gasteiger partial charge in [-0.25, -0.2) is 0 Å². The molecule has 10 heteroatoms. The predicted molar refractivity (Wildman–Crippen MR) is 64.9 cm³/mol. The standard InChI is InChI=1S/C11H14BrF6NO2/c12-3-6-21-7-1-4-19(5-2-7)9(20)8(10(13,14)15)11(16,17)18/h7-8H,1-6H2. The molecule has 0 saturated carbocycles. The summed E-state index contributed by atoms with van der Waals surface area (Å²) in [6.07, 6.45) is -11.1. The van der Waals surface area contributed by atoms with Gasteiger partial charge in [-0.05, 0) is 12.8 Å². The Kier molecular flexibility index (Phi) is 6.33. The van der Waals surface area contributed by atoms with Gasteiger partial charge in [-0.2, -0.15) is 26.3 Å². The Bertz CT molecular complexity index is 338. The first-order valence-electron chi connectivity index (χ1n) is 6.17. The van der Waals surface area contributed by atoms with Gasteiger partial charge in [-0.15, -0.1) is 0 Å². The molecule has 1 fully saturated rings. The Morgan fingerprint density at radius 2 is 1.62 bits per heavy atom. The summed E-state index contributed by atoms with van der Waals surface area (Å²) in [6, 6.07) is 0. The minimum atomic E-state index is -5.64. The zero-order chi connectivity index (χ0) is 16.3. The molecule has 1 saturated heterocycles. The number of amides is 1. The maximum Gasteiger partial charge on any atom is 0.409 e. The van der Waals surface area contributed by atoms with E-state index >= 15 is 0 Å². The van der Waals surface area contributed by atoms with E-state index in [-0.39, 0.29) is 32.0 Å². The van der Waals surface area contributed by atoms with E-state index in [4.69, 9.17) is 4.74 Å². The van der Waals surface area contributed by atoms with Crippen molar-refractivity contribution in [3.8, 4) is 0 Å². The lowest BCUT2D eigenvalue weighted by atomic mass is 10.0. The van der Waals surface area contributed by atoms with Gasteiger partial charge in [0.2, 0.25) is 11.8 Å². The molecule has 0 aromatic carbocycles. The van der Waals surface area contributed by atoms with Crippen molar-refractivity contribution in [2.45, 2.75) is 31.3 Å². The quantitative estimate of drug-likeness (QED) is 0.549. The molecule has 1 heterocycles. The van der Waals surface area contributed by atoms with Crippen LogP contribution in [-0.4, -0.2) is 54.3 Å². The average Bonchev–Trinajstić information content (AvgIpc) is 2.33. The number of halogens is 7. The number of piperidine rings is 1. The molecule has 21 heavy (non-hydrogen) atoms. The molecule has 0 aliphatic carbocycles. The number of carbonyl (C=O) groups is 1. The average molecular weight is 386 g/mol. The van der Waals surface area contributed by atoms with E-state index in [0.29, 0.717) is 16.8 Å². The highest BCUT2D eigenvalue weighted by Crippen LogP contribution is 2.40. The lowest BCUT2D eigenvalue weighted by Gasteiger charge is -2.35. The molecule has 1 aliphatic rings. The molecule has 3 nitrogen and oxygen atoms in total. The van der Waals surface area contributed by atoms with Crippen LogP contribution in [0, 0.1) is 5.92 Å². The molecule has 1 rings (SSSR count). The molecule has 0 N–H and O–H groups in total. The van der Waals surface area contributed by atoms with E-state index in [1.165, 1.54) is 0 Å². The van der Waals surface area contributed by atoms with E-state index in [9.17, 15) is 31.1 Å². The predicted octanol–water partition coefficient (Wildman–Crippen LogP) is 3.13. The second kappa shape index (κ2) is 7.17. The zero-order valence-corrected chi connectivity index (χ0v) is 12.4. The van der Waals surface area contributed by atoms with Gasteiger partial charge in [0.25, 0.3) is 0 Å². The molecule has 0 atom stereocenters. The monoisotopic (exact) mass is 385 g/mol. The molecular formula is C11H14BrF6NO2. The first-order valence-corrected chi connectivity index (χ1v) is 7.29. The van der Waals surface area contributed by atoms with Gasteiger partial charge in [-0.3, -0.25) is 4.79 Å². The van der Waals surface area contributed by atoms with Crippen LogP contribution in [0.1, 0.15) is 12.8 Å². The molecule has 1 aliphatic heterocycles. The van der Waals surface area contributed by atoms with Crippen molar-refractivity contribution in [1.29, 1.82) is 0 Å². The van der Waals surface area contributed by atoms with E-state index < -0.39 is 24.2 Å². The Hall–Kier alpha value is -0.510. The number of hydrogen-bond acceptors (Lipinski definition) is 2. The summed E-state index contributed by atoms with van der Waals surface area (Å²) in [7, 11) is 0. The fourth-order valence-corrected chi connectivity index (χ4v) is 2.29. The van der Waals surface area contributed by atoms with Crippen molar-refractivity contribution in [2.24, 2.45) is 5.92 Å². The smallest absolute Gasteiger partial charge is 0.377 e. The van der Waals surface area contributed by atoms with E-state index in [2.05, 4.69) is 15.9 Å². The van der Waals surface area contributed by atoms with Gasteiger partial charge in [-0.1, -0.05) is 15.9 Å². The van der Waals surface area contributed by atoms with Gasteiger partial charge >= 0.3 is 12.4 Å². The number of carbonyl (C=O) groups excluding carboxylic acids is 1. The van der Waals surface area contributed by atoms with Crippen molar-refractivity contribution >= 4 is 21.8 Å². The second-order valence-corrected chi connectivity index (χ2v) is 5.39. The van der Waals surface area contributed by atoms with Crippen molar-refractivity contribution in [3.63, 3.8) is 0 Å². The van der Waals surface area contributed by atoms with Gasteiger partial charge in [0, 0.05) is 18.4 Å². The van der Waals surface area contributed by atoms with Crippen LogP contribution in [0.25, 0.3) is 0 Å². The largest absolute Gasteiger partial charge is 0.409 e. The van der Waals surface area contributed by atoms with Crippen molar-refractivity contribution in [1.82, 2.24) is 4.90 Å². The van der Waals surface area contributed by atoms with Gasteiger partial charge < -0.3 is 9.64 Å². The topological polar surface area (TPSA) is 29.5 Å². The fraction of sp³-hybridized carbons (Fsp3) is 0.909. The van der Waals surface area contributed by atoms with Crippen molar-refractivity contribution < 1.29 is 35.9 Å². The molecule has 0 spiro atoms. The number of likely N-dealkylation sites (tertiary alicyclic amines) is 1. The SMILES string of the molecule is O=C(C(C(F)(F)F)C(F)(F)F)N1CCC(OCCBr)CC1. The summed E-state index contributed by atoms with van der Waals surface area (Å²) >= 11 is 3.13. The summed E-state index contributed by atoms with van der Waals surface area (Å²) in [4.78, 5) is 12.2. The molecular weight excluding hydrogens is 372 g/mol. The van der Waals surface area contributed by atoms with Gasteiger partial charge in [0.1, 0.15) is 0 Å². The van der Waals surface area contributed by atoms with Crippen LogP contribution in [0.2, 0.25) is 0 Å². The summed E-state index contributed by atoms with van der Waals surface area (Å²) < 4.78 is 80.1. The minimum absolute atomic E-state index is 0.172. The molecule has 124 valence electrons. The third-order valence-corrected chi connectivity index (χ3v) is 3.41. The summed E-state index contributed by atoms with van der Waals surface area (Å²) in [5.41, 5.74) is 0. The van der Waals surface area contributed by atoms with Crippen molar-refractivity contribution in [2.75, 3.05) is 25.0 Å². The Balaban J connectivity index is 2.67. The first kappa shape index (κ1) is 18.5. The number of rotatable bonds is 4. The zero-order valence-electron chi connectivity index (χ0n) is 10.8. The highest BCUT2D eigenvalue weighted by atomic mass is 79.9. The van der Waals surface area contributed by atoms with E-state index in [0.717, 1.165) is 0 Å².